The molecule has 2 rings (SSSR count). The van der Waals surface area contributed by atoms with Crippen molar-refractivity contribution in [2.75, 3.05) is 0 Å². The van der Waals surface area contributed by atoms with E-state index in [0.29, 0.717) is 12.3 Å². The number of aliphatic hydroxyl groups is 1. The van der Waals surface area contributed by atoms with Crippen molar-refractivity contribution in [3.63, 3.8) is 0 Å². The van der Waals surface area contributed by atoms with Crippen LogP contribution in [0.2, 0.25) is 0 Å². The largest absolute Gasteiger partial charge is 0.459 e. The normalized spacial score (nSPS) is 43.4. The molecule has 0 aromatic rings. The van der Waals surface area contributed by atoms with Gasteiger partial charge in [-0.2, -0.15) is 0 Å². The third kappa shape index (κ3) is 1.13. The molecule has 0 aromatic heterocycles. The van der Waals surface area contributed by atoms with Gasteiger partial charge in [0.05, 0.1) is 12.5 Å². The maximum atomic E-state index is 10.8. The summed E-state index contributed by atoms with van der Waals surface area (Å²) in [6.45, 7) is 0. The molecule has 3 nitrogen and oxygen atoms in total. The van der Waals surface area contributed by atoms with E-state index in [2.05, 4.69) is 0 Å². The van der Waals surface area contributed by atoms with Crippen LogP contribution in [0.4, 0.5) is 0 Å². The Hall–Kier alpha value is -0.570. The van der Waals surface area contributed by atoms with Crippen molar-refractivity contribution < 1.29 is 14.6 Å². The van der Waals surface area contributed by atoms with Crippen LogP contribution in [0.1, 0.15) is 25.7 Å². The highest BCUT2D eigenvalue weighted by Gasteiger charge is 2.41. The maximum absolute atomic E-state index is 10.8. The van der Waals surface area contributed by atoms with Crippen molar-refractivity contribution in [1.29, 1.82) is 0 Å². The quantitative estimate of drug-likeness (QED) is 0.518. The molecule has 0 amide bonds. The Bertz CT molecular complexity index is 178. The number of hydrogen-bond acceptors (Lipinski definition) is 3. The van der Waals surface area contributed by atoms with Gasteiger partial charge in [0.25, 0.3) is 0 Å². The Balaban J connectivity index is 2.09. The minimum Gasteiger partial charge on any atom is -0.459 e. The SMILES string of the molecule is O=C1C[C@H]2CCC[C@H](O)[C@H]2O1. The molecule has 0 radical (unpaired) electrons. The van der Waals surface area contributed by atoms with E-state index >= 15 is 0 Å². The molecule has 1 aliphatic carbocycles. The molecule has 1 N–H and O–H groups in total. The van der Waals surface area contributed by atoms with Crippen molar-refractivity contribution >= 4 is 5.97 Å². The summed E-state index contributed by atoms with van der Waals surface area (Å²) in [5, 5.41) is 9.42. The zero-order valence-electron chi connectivity index (χ0n) is 6.32. The first kappa shape index (κ1) is 7.10. The summed E-state index contributed by atoms with van der Waals surface area (Å²) < 4.78 is 4.99. The van der Waals surface area contributed by atoms with Crippen LogP contribution in [0.3, 0.4) is 0 Å². The summed E-state index contributed by atoms with van der Waals surface area (Å²) in [7, 11) is 0. The van der Waals surface area contributed by atoms with E-state index < -0.39 is 6.10 Å². The fraction of sp³-hybridized carbons (Fsp3) is 0.875. The first-order valence-corrected chi connectivity index (χ1v) is 4.15. The second-order valence-electron chi connectivity index (χ2n) is 3.42. The predicted octanol–water partition coefficient (Wildman–Crippen LogP) is 0.463. The van der Waals surface area contributed by atoms with E-state index in [9.17, 15) is 9.90 Å². The van der Waals surface area contributed by atoms with Crippen LogP contribution in [-0.2, 0) is 9.53 Å². The molecular weight excluding hydrogens is 144 g/mol. The number of esters is 1. The summed E-state index contributed by atoms with van der Waals surface area (Å²) in [6.07, 6.45) is 2.78. The molecule has 1 saturated carbocycles. The lowest BCUT2D eigenvalue weighted by Gasteiger charge is -2.27. The number of hydrogen-bond donors (Lipinski definition) is 1. The summed E-state index contributed by atoms with van der Waals surface area (Å²) in [5.74, 6) is 0.159. The van der Waals surface area contributed by atoms with Gasteiger partial charge < -0.3 is 9.84 Å². The van der Waals surface area contributed by atoms with Crippen molar-refractivity contribution in [3.05, 3.63) is 0 Å². The molecule has 0 spiro atoms. The third-order valence-electron chi connectivity index (χ3n) is 2.62. The maximum Gasteiger partial charge on any atom is 0.306 e. The van der Waals surface area contributed by atoms with Crippen LogP contribution < -0.4 is 0 Å². The molecule has 3 heteroatoms. The number of aliphatic hydroxyl groups excluding tert-OH is 1. The second-order valence-corrected chi connectivity index (χ2v) is 3.42. The fourth-order valence-electron chi connectivity index (χ4n) is 2.04. The van der Waals surface area contributed by atoms with Crippen LogP contribution in [0, 0.1) is 5.92 Å². The van der Waals surface area contributed by atoms with Gasteiger partial charge >= 0.3 is 5.97 Å². The van der Waals surface area contributed by atoms with E-state index in [0.717, 1.165) is 19.3 Å². The Morgan fingerprint density at radius 3 is 3.00 bits per heavy atom. The van der Waals surface area contributed by atoms with Gasteiger partial charge in [-0.3, -0.25) is 4.79 Å². The van der Waals surface area contributed by atoms with E-state index in [1.807, 2.05) is 0 Å². The summed E-state index contributed by atoms with van der Waals surface area (Å²) >= 11 is 0. The van der Waals surface area contributed by atoms with Gasteiger partial charge in [-0.1, -0.05) is 6.42 Å². The third-order valence-corrected chi connectivity index (χ3v) is 2.62. The van der Waals surface area contributed by atoms with Gasteiger partial charge in [-0.25, -0.2) is 0 Å². The number of rotatable bonds is 0. The zero-order chi connectivity index (χ0) is 7.84. The fourth-order valence-corrected chi connectivity index (χ4v) is 2.04. The Morgan fingerprint density at radius 2 is 2.27 bits per heavy atom. The molecule has 1 heterocycles. The van der Waals surface area contributed by atoms with Crippen LogP contribution in [-0.4, -0.2) is 23.3 Å². The Kier molecular flexibility index (Phi) is 1.60. The van der Waals surface area contributed by atoms with Gasteiger partial charge in [-0.15, -0.1) is 0 Å². The van der Waals surface area contributed by atoms with Crippen molar-refractivity contribution in [1.82, 2.24) is 0 Å². The Morgan fingerprint density at radius 1 is 1.45 bits per heavy atom. The van der Waals surface area contributed by atoms with Gasteiger partial charge in [0.1, 0.15) is 6.10 Å². The molecule has 2 fully saturated rings. The molecule has 1 saturated heterocycles. The summed E-state index contributed by atoms with van der Waals surface area (Å²) in [5.41, 5.74) is 0. The predicted molar refractivity (Wildman–Crippen MR) is 37.8 cm³/mol. The van der Waals surface area contributed by atoms with Crippen molar-refractivity contribution in [2.24, 2.45) is 5.92 Å². The number of fused-ring (bicyclic) bond motifs is 1. The van der Waals surface area contributed by atoms with Crippen LogP contribution >= 0.6 is 0 Å². The summed E-state index contributed by atoms with van der Waals surface area (Å²) in [6, 6.07) is 0. The average Bonchev–Trinajstić information content (AvgIpc) is 2.31. The lowest BCUT2D eigenvalue weighted by molar-refractivity contribution is -0.146. The van der Waals surface area contributed by atoms with E-state index in [4.69, 9.17) is 4.74 Å². The van der Waals surface area contributed by atoms with Gasteiger partial charge in [-0.05, 0) is 12.8 Å². The van der Waals surface area contributed by atoms with Crippen molar-refractivity contribution in [3.8, 4) is 0 Å². The molecule has 0 bridgehead atoms. The minimum atomic E-state index is -0.403. The second kappa shape index (κ2) is 2.48. The van der Waals surface area contributed by atoms with E-state index in [-0.39, 0.29) is 12.1 Å². The lowest BCUT2D eigenvalue weighted by atomic mass is 9.84. The monoisotopic (exact) mass is 156 g/mol. The number of carbonyl (C=O) groups is 1. The molecular formula is C8H12O3. The number of carbonyl (C=O) groups excluding carboxylic acids is 1. The molecule has 62 valence electrons. The first-order chi connectivity index (χ1) is 5.27. The van der Waals surface area contributed by atoms with Crippen LogP contribution in [0.25, 0.3) is 0 Å². The average molecular weight is 156 g/mol. The molecule has 0 aromatic carbocycles. The topological polar surface area (TPSA) is 46.5 Å². The van der Waals surface area contributed by atoms with Gasteiger partial charge in [0.15, 0.2) is 0 Å². The standard InChI is InChI=1S/C8H12O3/c9-6-3-1-2-5-4-7(10)11-8(5)6/h5-6,8-9H,1-4H2/t5-,6+,8+/m1/s1. The van der Waals surface area contributed by atoms with Crippen LogP contribution in [0.15, 0.2) is 0 Å². The smallest absolute Gasteiger partial charge is 0.306 e. The van der Waals surface area contributed by atoms with E-state index in [1.165, 1.54) is 0 Å². The zero-order valence-corrected chi connectivity index (χ0v) is 6.32. The summed E-state index contributed by atoms with van der Waals surface area (Å²) in [4.78, 5) is 10.8. The highest BCUT2D eigenvalue weighted by molar-refractivity contribution is 5.72. The van der Waals surface area contributed by atoms with Gasteiger partial charge in [0, 0.05) is 5.92 Å². The lowest BCUT2D eigenvalue weighted by Crippen LogP contribution is -2.34. The highest BCUT2D eigenvalue weighted by Crippen LogP contribution is 2.34. The molecule has 3 atom stereocenters. The van der Waals surface area contributed by atoms with Crippen molar-refractivity contribution in [2.45, 2.75) is 37.9 Å². The molecule has 1 aliphatic heterocycles. The molecule has 0 unspecified atom stereocenters. The van der Waals surface area contributed by atoms with Crippen LogP contribution in [0.5, 0.6) is 0 Å². The van der Waals surface area contributed by atoms with Gasteiger partial charge in [0.2, 0.25) is 0 Å². The Labute approximate surface area is 65.4 Å². The molecule has 2 aliphatic rings. The molecule has 11 heavy (non-hydrogen) atoms. The highest BCUT2D eigenvalue weighted by atomic mass is 16.6. The van der Waals surface area contributed by atoms with E-state index in [1.54, 1.807) is 0 Å². The first-order valence-electron chi connectivity index (χ1n) is 4.15. The number of ether oxygens (including phenoxy) is 1. The minimum absolute atomic E-state index is 0.138.